The van der Waals surface area contributed by atoms with Crippen molar-refractivity contribution in [2.24, 2.45) is 5.92 Å². The number of piperazine rings is 1. The number of carbonyl (C=O) groups excluding carboxylic acids is 2. The van der Waals surface area contributed by atoms with Crippen LogP contribution in [0, 0.1) is 5.92 Å². The fraction of sp³-hybridized carbons (Fsp3) is 0.421. The third-order valence-corrected chi connectivity index (χ3v) is 15.7. The lowest BCUT2D eigenvalue weighted by molar-refractivity contribution is -0.146. The molecule has 7 rings (SSSR count). The maximum atomic E-state index is 15.1. The molecule has 11 nitrogen and oxygen atoms in total. The highest BCUT2D eigenvalue weighted by molar-refractivity contribution is 6.91. The lowest BCUT2D eigenvalue weighted by Gasteiger charge is -2.37. The number of amides is 2. The number of nitrogens with one attached hydrogen (secondary N) is 1. The lowest BCUT2D eigenvalue weighted by Crippen LogP contribution is -2.51. The van der Waals surface area contributed by atoms with E-state index < -0.39 is 13.7 Å². The summed E-state index contributed by atoms with van der Waals surface area (Å²) < 4.78 is 14.5. The summed E-state index contributed by atoms with van der Waals surface area (Å²) >= 11 is 6.69. The molecule has 2 amide bonds. The normalized spacial score (nSPS) is 23.4. The Kier molecular flexibility index (Phi) is 9.81. The average molecular weight is 729 g/mol. The quantitative estimate of drug-likeness (QED) is 0.220. The number of aliphatic hydroxyl groups excluding tert-OH is 1. The smallest absolute Gasteiger partial charge is 0.264 e. The Morgan fingerprint density at radius 3 is 2.57 bits per heavy atom. The molecule has 1 aromatic heterocycles. The third-order valence-electron chi connectivity index (χ3n) is 11.1. The Balaban J connectivity index is 1.24. The molecule has 0 unspecified atom stereocenters. The van der Waals surface area contributed by atoms with Gasteiger partial charge in [0.15, 0.2) is 5.60 Å². The van der Waals surface area contributed by atoms with E-state index in [1.807, 2.05) is 65.7 Å². The fourth-order valence-electron chi connectivity index (χ4n) is 8.49. The van der Waals surface area contributed by atoms with Crippen LogP contribution < -0.4 is 25.0 Å². The Bertz CT molecular complexity index is 1900. The van der Waals surface area contributed by atoms with Crippen LogP contribution in [0.5, 0.6) is 5.75 Å². The van der Waals surface area contributed by atoms with Gasteiger partial charge in [-0.15, -0.1) is 5.10 Å². The molecule has 0 saturated carbocycles. The van der Waals surface area contributed by atoms with Gasteiger partial charge < -0.3 is 29.7 Å². The van der Waals surface area contributed by atoms with Crippen molar-refractivity contribution in [1.82, 2.24) is 20.3 Å². The Labute approximate surface area is 304 Å². The maximum Gasteiger partial charge on any atom is 0.264 e. The van der Waals surface area contributed by atoms with E-state index in [4.69, 9.17) is 21.1 Å². The summed E-state index contributed by atoms with van der Waals surface area (Å²) in [5.74, 6) is 0.577. The molecular weight excluding hydrogens is 684 g/mol. The number of methoxy groups -OCH3 is 1. The van der Waals surface area contributed by atoms with Crippen LogP contribution in [0.3, 0.4) is 0 Å². The van der Waals surface area contributed by atoms with E-state index >= 15 is 4.79 Å². The molecule has 3 aromatic carbocycles. The minimum atomic E-state index is -2.34. The number of aliphatic hydroxyl groups is 1. The summed E-state index contributed by atoms with van der Waals surface area (Å²) in [5.41, 5.74) is 2.95. The number of aromatic nitrogens is 3. The van der Waals surface area contributed by atoms with Gasteiger partial charge >= 0.3 is 0 Å². The van der Waals surface area contributed by atoms with E-state index in [-0.39, 0.29) is 36.0 Å². The zero-order chi connectivity index (χ0) is 35.9. The van der Waals surface area contributed by atoms with Crippen LogP contribution in [-0.2, 0) is 39.4 Å². The van der Waals surface area contributed by atoms with E-state index in [1.54, 1.807) is 16.7 Å². The molecule has 3 aliphatic rings. The van der Waals surface area contributed by atoms with Crippen LogP contribution in [0.15, 0.2) is 72.9 Å². The summed E-state index contributed by atoms with van der Waals surface area (Å²) in [6, 6.07) is 21.9. The molecule has 4 aromatic rings. The van der Waals surface area contributed by atoms with Gasteiger partial charge in [-0.2, -0.15) is 0 Å². The van der Waals surface area contributed by atoms with E-state index in [0.29, 0.717) is 44.0 Å². The molecule has 4 heterocycles. The predicted octanol–water partition coefficient (Wildman–Crippen LogP) is 4.26. The molecule has 0 aliphatic carbocycles. The molecule has 51 heavy (non-hydrogen) atoms. The van der Waals surface area contributed by atoms with Gasteiger partial charge in [0, 0.05) is 61.1 Å². The lowest BCUT2D eigenvalue weighted by atomic mass is 9.82. The molecule has 2 fully saturated rings. The van der Waals surface area contributed by atoms with Crippen molar-refractivity contribution in [2.75, 3.05) is 43.2 Å². The van der Waals surface area contributed by atoms with Gasteiger partial charge in [0.05, 0.1) is 45.8 Å². The number of benzene rings is 3. The molecule has 2 saturated heterocycles. The number of fused-ring (bicyclic) bond motifs is 2. The topological polar surface area (TPSA) is 122 Å². The number of carbonyl (C=O) groups is 2. The maximum absolute atomic E-state index is 15.1. The first kappa shape index (κ1) is 35.3. The largest absolute Gasteiger partial charge is 0.497 e. The highest BCUT2D eigenvalue weighted by Crippen LogP contribution is 2.60. The number of ether oxygens (including phenoxy) is 2. The van der Waals surface area contributed by atoms with Crippen molar-refractivity contribution in [3.8, 4) is 5.75 Å². The Morgan fingerprint density at radius 2 is 1.86 bits per heavy atom. The van der Waals surface area contributed by atoms with Gasteiger partial charge in [0.1, 0.15) is 5.75 Å². The van der Waals surface area contributed by atoms with Crippen LogP contribution in [0.1, 0.15) is 30.2 Å². The van der Waals surface area contributed by atoms with Crippen LogP contribution in [0.4, 0.5) is 11.4 Å². The number of nitrogens with zero attached hydrogens (tertiary/aromatic N) is 5. The van der Waals surface area contributed by atoms with Crippen molar-refractivity contribution < 1.29 is 24.2 Å². The summed E-state index contributed by atoms with van der Waals surface area (Å²) in [6.45, 7) is 9.50. The summed E-state index contributed by atoms with van der Waals surface area (Å²) in [5, 5.41) is 22.8. The molecule has 3 aliphatic heterocycles. The van der Waals surface area contributed by atoms with Gasteiger partial charge in [-0.05, 0) is 60.0 Å². The predicted molar refractivity (Wildman–Crippen MR) is 199 cm³/mol. The minimum Gasteiger partial charge on any atom is -0.497 e. The van der Waals surface area contributed by atoms with Crippen LogP contribution in [0.2, 0.25) is 23.7 Å². The molecular formula is C38H45ClN6O5Si. The van der Waals surface area contributed by atoms with E-state index in [2.05, 4.69) is 47.8 Å². The van der Waals surface area contributed by atoms with Crippen molar-refractivity contribution in [3.05, 3.63) is 94.8 Å². The zero-order valence-electron chi connectivity index (χ0n) is 29.5. The number of anilines is 2. The van der Waals surface area contributed by atoms with Crippen molar-refractivity contribution in [1.29, 1.82) is 0 Å². The number of rotatable bonds is 11. The highest BCUT2D eigenvalue weighted by Gasteiger charge is 2.66. The average Bonchev–Trinajstić information content (AvgIpc) is 3.78. The van der Waals surface area contributed by atoms with E-state index in [9.17, 15) is 9.90 Å². The second-order valence-electron chi connectivity index (χ2n) is 14.3. The van der Waals surface area contributed by atoms with Gasteiger partial charge in [-0.1, -0.05) is 66.3 Å². The van der Waals surface area contributed by atoms with Crippen molar-refractivity contribution in [3.63, 3.8) is 0 Å². The molecule has 268 valence electrons. The summed E-state index contributed by atoms with van der Waals surface area (Å²) in [7, 11) is -0.667. The first-order chi connectivity index (χ1) is 24.6. The number of halogens is 1. The molecule has 13 heteroatoms. The Hall–Kier alpha value is -4.07. The number of hydrogen-bond donors (Lipinski definition) is 2. The van der Waals surface area contributed by atoms with Gasteiger partial charge in [-0.3, -0.25) is 14.3 Å². The molecule has 2 N–H and O–H groups in total. The minimum absolute atomic E-state index is 0.00868. The number of hydrogen-bond acceptors (Lipinski definition) is 8. The van der Waals surface area contributed by atoms with E-state index in [0.717, 1.165) is 40.5 Å². The SMILES string of the molecule is COc1ccc([Si](C)(C)[C@@H]2[C@@H](CCn3cc(CCO)nn3)O[C@]3(C(=O)N(Cc4ccc(N5CCNCC5=O)cc4)c4ccc(Cl)cc43)[C@H]2C)cc1. The monoisotopic (exact) mass is 728 g/mol. The van der Waals surface area contributed by atoms with Gasteiger partial charge in [0.25, 0.3) is 5.91 Å². The van der Waals surface area contributed by atoms with Gasteiger partial charge in [0.2, 0.25) is 5.91 Å². The highest BCUT2D eigenvalue weighted by atomic mass is 35.5. The molecule has 0 bridgehead atoms. The molecule has 0 radical (unpaired) electrons. The standard InChI is InChI=1S/C38H45ClN6O5Si/c1-25-36(51(3,4)31-12-10-30(49-2)11-13-31)34(15-18-43-24-28(16-20-46)41-42-43)50-38(25)32-21-27(39)7-14-33(32)45(37(38)48)23-26-5-8-29(9-6-26)44-19-17-40-22-35(44)47/h5-14,21,24-25,34,36,40,46H,15-20,22-23H2,1-4H3/t25-,34+,36-,38+/m0/s1. The first-order valence-corrected chi connectivity index (χ1v) is 21.1. The van der Waals surface area contributed by atoms with E-state index in [1.165, 1.54) is 5.19 Å². The van der Waals surface area contributed by atoms with Crippen LogP contribution in [0.25, 0.3) is 0 Å². The molecule has 4 atom stereocenters. The first-order valence-electron chi connectivity index (χ1n) is 17.6. The second kappa shape index (κ2) is 14.2. The molecule has 1 spiro atoms. The third kappa shape index (κ3) is 6.37. The fourth-order valence-corrected chi connectivity index (χ4v) is 12.7. The second-order valence-corrected chi connectivity index (χ2v) is 19.5. The summed E-state index contributed by atoms with van der Waals surface area (Å²) in [6.07, 6.45) is 2.67. The van der Waals surface area contributed by atoms with Crippen molar-refractivity contribution in [2.45, 2.75) is 63.2 Å². The summed E-state index contributed by atoms with van der Waals surface area (Å²) in [4.78, 5) is 31.2. The van der Waals surface area contributed by atoms with Gasteiger partial charge in [-0.25, -0.2) is 0 Å². The Morgan fingerprint density at radius 1 is 1.10 bits per heavy atom. The van der Waals surface area contributed by atoms with Crippen molar-refractivity contribution >= 4 is 48.1 Å². The number of aryl methyl sites for hydroxylation is 1. The van der Waals surface area contributed by atoms with Crippen LogP contribution in [-0.4, -0.2) is 79.4 Å². The zero-order valence-corrected chi connectivity index (χ0v) is 31.3. The van der Waals surface area contributed by atoms with Crippen LogP contribution >= 0.6 is 11.6 Å².